The van der Waals surface area contributed by atoms with Gasteiger partial charge in [-0.3, -0.25) is 0 Å². The van der Waals surface area contributed by atoms with E-state index in [4.69, 9.17) is 4.74 Å². The minimum atomic E-state index is 0.276. The summed E-state index contributed by atoms with van der Waals surface area (Å²) in [6, 6.07) is 36.6. The molecular weight excluding hydrogens is 508 g/mol. The first kappa shape index (κ1) is 24.7. The predicted octanol–water partition coefficient (Wildman–Crippen LogP) is 10.8. The summed E-state index contributed by atoms with van der Waals surface area (Å²) < 4.78 is 6.82. The summed E-state index contributed by atoms with van der Waals surface area (Å²) in [4.78, 5) is 1.44. The molecule has 0 radical (unpaired) electrons. The lowest BCUT2D eigenvalue weighted by Gasteiger charge is -2.19. The fraction of sp³-hybridized carbons (Fsp3) is 0.135. The molecule has 0 aliphatic heterocycles. The number of phenols is 1. The molecule has 7 rings (SSSR count). The van der Waals surface area contributed by atoms with Crippen LogP contribution in [0.3, 0.4) is 0 Å². The van der Waals surface area contributed by atoms with Gasteiger partial charge in [-0.05, 0) is 127 Å². The monoisotopic (exact) mass is 538 g/mol. The molecule has 0 bridgehead atoms. The Kier molecular flexibility index (Phi) is 6.17. The molecule has 0 aliphatic carbocycles. The lowest BCUT2D eigenvalue weighted by Crippen LogP contribution is -1.92. The number of fused-ring (bicyclic) bond motifs is 4. The third kappa shape index (κ3) is 4.18. The van der Waals surface area contributed by atoms with Crippen molar-refractivity contribution in [3.8, 4) is 33.8 Å². The van der Waals surface area contributed by atoms with Gasteiger partial charge in [0.1, 0.15) is 11.5 Å². The highest BCUT2D eigenvalue weighted by molar-refractivity contribution is 7.19. The van der Waals surface area contributed by atoms with Crippen molar-refractivity contribution in [3.63, 3.8) is 0 Å². The number of unbranched alkanes of at least 4 members (excludes halogenated alkanes) is 1. The summed E-state index contributed by atoms with van der Waals surface area (Å²) in [5, 5.41) is 18.8. The first-order valence-electron chi connectivity index (χ1n) is 13.9. The van der Waals surface area contributed by atoms with Crippen LogP contribution in [0.25, 0.3) is 64.7 Å². The third-order valence-corrected chi connectivity index (χ3v) is 9.14. The summed E-state index contributed by atoms with van der Waals surface area (Å²) in [6.07, 6.45) is 3.52. The Morgan fingerprint density at radius 3 is 1.77 bits per heavy atom. The molecule has 0 amide bonds. The van der Waals surface area contributed by atoms with E-state index >= 15 is 0 Å². The van der Waals surface area contributed by atoms with Gasteiger partial charge in [-0.2, -0.15) is 0 Å². The Balaban J connectivity index is 1.66. The highest BCUT2D eigenvalue weighted by Crippen LogP contribution is 2.47. The Labute approximate surface area is 238 Å². The maximum absolute atomic E-state index is 10.1. The molecule has 6 aromatic carbocycles. The summed E-state index contributed by atoms with van der Waals surface area (Å²) >= 11 is 1.92. The zero-order valence-electron chi connectivity index (χ0n) is 22.7. The van der Waals surface area contributed by atoms with E-state index in [1.54, 1.807) is 19.2 Å². The Morgan fingerprint density at radius 1 is 0.650 bits per heavy atom. The molecule has 40 heavy (non-hydrogen) atoms. The number of aromatic hydroxyl groups is 1. The first-order valence-corrected chi connectivity index (χ1v) is 14.7. The Morgan fingerprint density at radius 2 is 1.20 bits per heavy atom. The van der Waals surface area contributed by atoms with Gasteiger partial charge in [-0.15, -0.1) is 11.3 Å². The van der Waals surface area contributed by atoms with Crippen molar-refractivity contribution in [1.29, 1.82) is 0 Å². The number of aryl methyl sites for hydroxylation is 1. The fourth-order valence-electron chi connectivity index (χ4n) is 5.98. The van der Waals surface area contributed by atoms with E-state index in [0.717, 1.165) is 17.7 Å². The molecule has 0 spiro atoms. The van der Waals surface area contributed by atoms with Crippen molar-refractivity contribution < 1.29 is 9.84 Å². The molecule has 0 fully saturated rings. The van der Waals surface area contributed by atoms with Crippen molar-refractivity contribution in [2.24, 2.45) is 0 Å². The van der Waals surface area contributed by atoms with Crippen LogP contribution in [0, 0.1) is 0 Å². The van der Waals surface area contributed by atoms with Crippen LogP contribution in [0.5, 0.6) is 11.5 Å². The van der Waals surface area contributed by atoms with E-state index in [-0.39, 0.29) is 5.75 Å². The number of ether oxygens (including phenoxy) is 1. The van der Waals surface area contributed by atoms with Crippen molar-refractivity contribution in [2.75, 3.05) is 7.11 Å². The highest BCUT2D eigenvalue weighted by Gasteiger charge is 2.19. The predicted molar refractivity (Wildman–Crippen MR) is 172 cm³/mol. The van der Waals surface area contributed by atoms with E-state index in [2.05, 4.69) is 85.8 Å². The SMILES string of the molecule is CCCCc1cc2cc3c(-c4ccc(O)cc4)c4cc5ccccc5cc4c(-c4ccc(OC)cc4)c3cc2s1. The zero-order chi connectivity index (χ0) is 27.2. The number of benzene rings is 6. The van der Waals surface area contributed by atoms with E-state index in [1.165, 1.54) is 76.8 Å². The normalized spacial score (nSPS) is 11.7. The molecule has 3 heteroatoms. The Bertz CT molecular complexity index is 2020. The van der Waals surface area contributed by atoms with Crippen LogP contribution < -0.4 is 4.74 Å². The largest absolute Gasteiger partial charge is 0.508 e. The molecule has 1 N–H and O–H groups in total. The van der Waals surface area contributed by atoms with E-state index in [9.17, 15) is 5.11 Å². The van der Waals surface area contributed by atoms with Crippen molar-refractivity contribution in [3.05, 3.63) is 108 Å². The van der Waals surface area contributed by atoms with Gasteiger partial charge in [-0.1, -0.05) is 61.9 Å². The zero-order valence-corrected chi connectivity index (χ0v) is 23.5. The third-order valence-electron chi connectivity index (χ3n) is 7.98. The van der Waals surface area contributed by atoms with Gasteiger partial charge >= 0.3 is 0 Å². The van der Waals surface area contributed by atoms with Crippen LogP contribution >= 0.6 is 11.3 Å². The molecule has 0 atom stereocenters. The number of phenolic OH excluding ortho intramolecular Hbond substituents is 1. The molecule has 0 saturated heterocycles. The molecule has 196 valence electrons. The number of rotatable bonds is 6. The smallest absolute Gasteiger partial charge is 0.118 e. The number of hydrogen-bond donors (Lipinski definition) is 1. The van der Waals surface area contributed by atoms with Crippen LogP contribution in [-0.4, -0.2) is 12.2 Å². The van der Waals surface area contributed by atoms with Gasteiger partial charge < -0.3 is 9.84 Å². The average Bonchev–Trinajstić information content (AvgIpc) is 3.39. The van der Waals surface area contributed by atoms with Crippen LogP contribution in [0.15, 0.2) is 103 Å². The maximum Gasteiger partial charge on any atom is 0.118 e. The van der Waals surface area contributed by atoms with Gasteiger partial charge in [-0.25, -0.2) is 0 Å². The number of thiophene rings is 1. The lowest BCUT2D eigenvalue weighted by atomic mass is 9.84. The Hall–Kier alpha value is -4.34. The second-order valence-corrected chi connectivity index (χ2v) is 11.7. The minimum absolute atomic E-state index is 0.276. The van der Waals surface area contributed by atoms with Gasteiger partial charge in [0.15, 0.2) is 0 Å². The van der Waals surface area contributed by atoms with Gasteiger partial charge in [0.25, 0.3) is 0 Å². The molecule has 0 saturated carbocycles. The molecule has 0 aliphatic rings. The summed E-state index contributed by atoms with van der Waals surface area (Å²) in [7, 11) is 1.71. The standard InChI is InChI=1S/C37H30O2S/c1-3-4-9-30-18-27-21-33-34(22-35(27)40-30)37(24-12-16-29(39-2)17-13-24)32-20-26-8-6-5-7-25(26)19-31(32)36(33)23-10-14-28(38)15-11-23/h5-8,10-22,38H,3-4,9H2,1-2H3. The summed E-state index contributed by atoms with van der Waals surface area (Å²) in [5.74, 6) is 1.13. The molecule has 0 unspecified atom stereocenters. The number of methoxy groups -OCH3 is 1. The molecule has 1 aromatic heterocycles. The van der Waals surface area contributed by atoms with Gasteiger partial charge in [0.2, 0.25) is 0 Å². The van der Waals surface area contributed by atoms with E-state index in [0.29, 0.717) is 0 Å². The molecule has 7 aromatic rings. The van der Waals surface area contributed by atoms with Crippen molar-refractivity contribution >= 4 is 53.7 Å². The number of hydrogen-bond acceptors (Lipinski definition) is 3. The van der Waals surface area contributed by atoms with Crippen LogP contribution in [0.2, 0.25) is 0 Å². The average molecular weight is 539 g/mol. The van der Waals surface area contributed by atoms with Crippen LogP contribution in [0.4, 0.5) is 0 Å². The van der Waals surface area contributed by atoms with Gasteiger partial charge in [0, 0.05) is 9.58 Å². The first-order chi connectivity index (χ1) is 19.6. The van der Waals surface area contributed by atoms with Crippen molar-refractivity contribution in [1.82, 2.24) is 0 Å². The quantitative estimate of drug-likeness (QED) is 0.213. The van der Waals surface area contributed by atoms with Gasteiger partial charge in [0.05, 0.1) is 7.11 Å². The highest BCUT2D eigenvalue weighted by atomic mass is 32.1. The van der Waals surface area contributed by atoms with Crippen LogP contribution in [-0.2, 0) is 6.42 Å². The maximum atomic E-state index is 10.1. The summed E-state index contributed by atoms with van der Waals surface area (Å²) in [5.41, 5.74) is 4.72. The second-order valence-electron chi connectivity index (χ2n) is 10.5. The van der Waals surface area contributed by atoms with Crippen LogP contribution in [0.1, 0.15) is 24.6 Å². The molecule has 1 heterocycles. The summed E-state index contributed by atoms with van der Waals surface area (Å²) in [6.45, 7) is 2.25. The topological polar surface area (TPSA) is 29.5 Å². The molecular formula is C37H30O2S. The van der Waals surface area contributed by atoms with E-state index in [1.807, 2.05) is 23.5 Å². The van der Waals surface area contributed by atoms with E-state index < -0.39 is 0 Å². The van der Waals surface area contributed by atoms with Crippen molar-refractivity contribution in [2.45, 2.75) is 26.2 Å². The fourth-order valence-corrected chi connectivity index (χ4v) is 7.11. The lowest BCUT2D eigenvalue weighted by molar-refractivity contribution is 0.415. The molecule has 2 nitrogen and oxygen atoms in total. The second kappa shape index (κ2) is 10.0. The minimum Gasteiger partial charge on any atom is -0.508 e.